The average molecular weight is 317 g/mol. The van der Waals surface area contributed by atoms with Crippen LogP contribution in [-0.2, 0) is 17.6 Å². The maximum Gasteiger partial charge on any atom is 0.305 e. The molecule has 0 bridgehead atoms. The normalized spacial score (nSPS) is 12.9. The zero-order valence-corrected chi connectivity index (χ0v) is 12.4. The predicted molar refractivity (Wildman–Crippen MR) is 80.1 cm³/mol. The Bertz CT molecular complexity index is 753. The Balaban J connectivity index is 1.88. The van der Waals surface area contributed by atoms with Gasteiger partial charge in [-0.2, -0.15) is 5.10 Å². The molecule has 2 aromatic rings. The number of aromatic nitrogens is 2. The summed E-state index contributed by atoms with van der Waals surface area (Å²) in [6, 6.07) is 5.94. The van der Waals surface area contributed by atoms with Gasteiger partial charge in [0.25, 0.3) is 5.91 Å². The lowest BCUT2D eigenvalue weighted by Crippen LogP contribution is -2.27. The number of aliphatic carboxylic acids is 1. The van der Waals surface area contributed by atoms with Crippen LogP contribution in [0.15, 0.2) is 24.3 Å². The molecule has 0 fully saturated rings. The van der Waals surface area contributed by atoms with E-state index in [-0.39, 0.29) is 24.7 Å². The van der Waals surface area contributed by atoms with Crippen LogP contribution in [0.4, 0.5) is 4.39 Å². The molecule has 1 aromatic carbocycles. The summed E-state index contributed by atoms with van der Waals surface area (Å²) < 4.78 is 14.7. The SMILES string of the molecule is O=C(O)CCNC(=O)c1nn(-c2ccc(F)cc2)c2c1CCC2. The van der Waals surface area contributed by atoms with Crippen LogP contribution in [0.5, 0.6) is 0 Å². The van der Waals surface area contributed by atoms with Gasteiger partial charge >= 0.3 is 5.97 Å². The number of carboxylic acids is 1. The fraction of sp³-hybridized carbons (Fsp3) is 0.312. The fourth-order valence-corrected chi connectivity index (χ4v) is 2.78. The Kier molecular flexibility index (Phi) is 4.10. The Morgan fingerprint density at radius 3 is 2.70 bits per heavy atom. The van der Waals surface area contributed by atoms with Crippen molar-refractivity contribution in [2.45, 2.75) is 25.7 Å². The first-order valence-electron chi connectivity index (χ1n) is 7.43. The van der Waals surface area contributed by atoms with E-state index >= 15 is 0 Å². The Hall–Kier alpha value is -2.70. The molecule has 0 radical (unpaired) electrons. The first kappa shape index (κ1) is 15.2. The molecule has 1 amide bonds. The van der Waals surface area contributed by atoms with Crippen LogP contribution < -0.4 is 5.32 Å². The number of benzene rings is 1. The number of hydrogen-bond donors (Lipinski definition) is 2. The van der Waals surface area contributed by atoms with Crippen molar-refractivity contribution in [3.05, 3.63) is 47.0 Å². The highest BCUT2D eigenvalue weighted by atomic mass is 19.1. The molecular weight excluding hydrogens is 301 g/mol. The zero-order valence-electron chi connectivity index (χ0n) is 12.4. The Labute approximate surface area is 131 Å². The lowest BCUT2D eigenvalue weighted by atomic mass is 10.2. The summed E-state index contributed by atoms with van der Waals surface area (Å²) in [6.45, 7) is 0.0619. The number of rotatable bonds is 5. The summed E-state index contributed by atoms with van der Waals surface area (Å²) in [5.41, 5.74) is 2.88. The number of carbonyl (C=O) groups is 2. The Morgan fingerprint density at radius 1 is 1.26 bits per heavy atom. The first-order chi connectivity index (χ1) is 11.1. The van der Waals surface area contributed by atoms with Gasteiger partial charge < -0.3 is 10.4 Å². The van der Waals surface area contributed by atoms with Crippen LogP contribution in [0.1, 0.15) is 34.6 Å². The van der Waals surface area contributed by atoms with Crippen molar-refractivity contribution in [3.63, 3.8) is 0 Å². The summed E-state index contributed by atoms with van der Waals surface area (Å²) in [5.74, 6) is -1.66. The largest absolute Gasteiger partial charge is 0.481 e. The zero-order chi connectivity index (χ0) is 16.4. The van der Waals surface area contributed by atoms with E-state index in [2.05, 4.69) is 10.4 Å². The van der Waals surface area contributed by atoms with E-state index in [1.165, 1.54) is 12.1 Å². The smallest absolute Gasteiger partial charge is 0.305 e. The molecule has 1 aliphatic rings. The molecular formula is C16H16FN3O3. The number of hydrogen-bond acceptors (Lipinski definition) is 3. The highest BCUT2D eigenvalue weighted by molar-refractivity contribution is 5.94. The number of carbonyl (C=O) groups excluding carboxylic acids is 1. The van der Waals surface area contributed by atoms with E-state index in [9.17, 15) is 14.0 Å². The summed E-state index contributed by atoms with van der Waals surface area (Å²) in [6.07, 6.45) is 2.37. The van der Waals surface area contributed by atoms with E-state index < -0.39 is 5.97 Å². The molecule has 0 aliphatic heterocycles. The maximum absolute atomic E-state index is 13.1. The third-order valence-electron chi connectivity index (χ3n) is 3.84. The van der Waals surface area contributed by atoms with Crippen molar-refractivity contribution in [1.82, 2.24) is 15.1 Å². The predicted octanol–water partition coefficient (Wildman–Crippen LogP) is 1.70. The number of fused-ring (bicyclic) bond motifs is 1. The van der Waals surface area contributed by atoms with Gasteiger partial charge in [0.15, 0.2) is 5.69 Å². The molecule has 0 saturated heterocycles. The minimum absolute atomic E-state index is 0.0619. The minimum Gasteiger partial charge on any atom is -0.481 e. The molecule has 2 N–H and O–H groups in total. The van der Waals surface area contributed by atoms with Gasteiger partial charge in [0, 0.05) is 17.8 Å². The van der Waals surface area contributed by atoms with Crippen LogP contribution in [0, 0.1) is 5.82 Å². The second-order valence-corrected chi connectivity index (χ2v) is 5.42. The molecule has 0 spiro atoms. The van der Waals surface area contributed by atoms with Crippen molar-refractivity contribution in [2.24, 2.45) is 0 Å². The summed E-state index contributed by atoms with van der Waals surface area (Å²) in [4.78, 5) is 22.8. The van der Waals surface area contributed by atoms with Crippen molar-refractivity contribution >= 4 is 11.9 Å². The van der Waals surface area contributed by atoms with Crippen LogP contribution in [-0.4, -0.2) is 33.3 Å². The van der Waals surface area contributed by atoms with Crippen molar-refractivity contribution in [3.8, 4) is 5.69 Å². The van der Waals surface area contributed by atoms with Crippen LogP contribution in [0.25, 0.3) is 5.69 Å². The number of halogens is 1. The third kappa shape index (κ3) is 3.08. The monoisotopic (exact) mass is 317 g/mol. The summed E-state index contributed by atoms with van der Waals surface area (Å²) >= 11 is 0. The molecule has 0 atom stereocenters. The number of nitrogens with zero attached hydrogens (tertiary/aromatic N) is 2. The third-order valence-corrected chi connectivity index (χ3v) is 3.84. The summed E-state index contributed by atoms with van der Waals surface area (Å²) in [5, 5.41) is 15.6. The number of carboxylic acid groups (broad SMARTS) is 1. The van der Waals surface area contributed by atoms with Crippen LogP contribution in [0.2, 0.25) is 0 Å². The molecule has 0 saturated carbocycles. The highest BCUT2D eigenvalue weighted by Gasteiger charge is 2.26. The Morgan fingerprint density at radius 2 is 2.00 bits per heavy atom. The topological polar surface area (TPSA) is 84.2 Å². The van der Waals surface area contributed by atoms with Crippen molar-refractivity contribution in [1.29, 1.82) is 0 Å². The van der Waals surface area contributed by atoms with E-state index in [1.807, 2.05) is 0 Å². The molecule has 7 heteroatoms. The van der Waals surface area contributed by atoms with Gasteiger partial charge in [-0.1, -0.05) is 0 Å². The van der Waals surface area contributed by atoms with E-state index in [0.29, 0.717) is 11.4 Å². The number of nitrogens with one attached hydrogen (secondary N) is 1. The first-order valence-corrected chi connectivity index (χ1v) is 7.43. The van der Waals surface area contributed by atoms with Gasteiger partial charge in [-0.3, -0.25) is 9.59 Å². The van der Waals surface area contributed by atoms with Crippen molar-refractivity contribution < 1.29 is 19.1 Å². The molecule has 120 valence electrons. The molecule has 23 heavy (non-hydrogen) atoms. The van der Waals surface area contributed by atoms with E-state index in [1.54, 1.807) is 16.8 Å². The van der Waals surface area contributed by atoms with Crippen molar-refractivity contribution in [2.75, 3.05) is 6.54 Å². The number of amides is 1. The fourth-order valence-electron chi connectivity index (χ4n) is 2.78. The molecule has 0 unspecified atom stereocenters. The second kappa shape index (κ2) is 6.20. The average Bonchev–Trinajstić information content (AvgIpc) is 3.09. The van der Waals surface area contributed by atoms with E-state index in [4.69, 9.17) is 5.11 Å². The molecule has 1 aromatic heterocycles. The molecule has 6 nitrogen and oxygen atoms in total. The van der Waals surface area contributed by atoms with Gasteiger partial charge in [-0.05, 0) is 43.5 Å². The minimum atomic E-state index is -0.965. The summed E-state index contributed by atoms with van der Waals surface area (Å²) in [7, 11) is 0. The van der Waals surface area contributed by atoms with Gasteiger partial charge in [0.05, 0.1) is 12.1 Å². The standard InChI is InChI=1S/C16H16FN3O3/c17-10-4-6-11(7-5-10)20-13-3-1-2-12(13)15(19-20)16(23)18-9-8-14(21)22/h4-7H,1-3,8-9H2,(H,18,23)(H,21,22). The maximum atomic E-state index is 13.1. The van der Waals surface area contributed by atoms with Gasteiger partial charge in [-0.15, -0.1) is 0 Å². The van der Waals surface area contributed by atoms with Crippen LogP contribution in [0.3, 0.4) is 0 Å². The lowest BCUT2D eigenvalue weighted by Gasteiger charge is -2.05. The van der Waals surface area contributed by atoms with Gasteiger partial charge in [0.1, 0.15) is 5.82 Å². The molecule has 1 aliphatic carbocycles. The molecule has 1 heterocycles. The molecule has 3 rings (SSSR count). The van der Waals surface area contributed by atoms with Gasteiger partial charge in [0.2, 0.25) is 0 Å². The quantitative estimate of drug-likeness (QED) is 0.879. The highest BCUT2D eigenvalue weighted by Crippen LogP contribution is 2.27. The van der Waals surface area contributed by atoms with E-state index in [0.717, 1.165) is 30.5 Å². The van der Waals surface area contributed by atoms with Gasteiger partial charge in [-0.25, -0.2) is 9.07 Å². The second-order valence-electron chi connectivity index (χ2n) is 5.42. The van der Waals surface area contributed by atoms with Crippen LogP contribution >= 0.6 is 0 Å². The lowest BCUT2D eigenvalue weighted by molar-refractivity contribution is -0.136.